The van der Waals surface area contributed by atoms with Crippen molar-refractivity contribution in [1.29, 1.82) is 0 Å². The van der Waals surface area contributed by atoms with Crippen LogP contribution in [0.25, 0.3) is 0 Å². The molecule has 154 valence electrons. The number of para-hydroxylation sites is 2. The van der Waals surface area contributed by atoms with Crippen LogP contribution in [-0.4, -0.2) is 35.4 Å². The molecule has 2 heterocycles. The average Bonchev–Trinajstić information content (AvgIpc) is 2.80. The van der Waals surface area contributed by atoms with Crippen molar-refractivity contribution in [2.24, 2.45) is 5.92 Å². The van der Waals surface area contributed by atoms with Gasteiger partial charge < -0.3 is 15.0 Å². The third-order valence-electron chi connectivity index (χ3n) is 5.44. The Bertz CT molecular complexity index is 947. The van der Waals surface area contributed by atoms with Crippen LogP contribution in [0.4, 0.5) is 5.69 Å². The normalized spacial score (nSPS) is 16.7. The van der Waals surface area contributed by atoms with E-state index in [2.05, 4.69) is 39.5 Å². The number of aromatic nitrogens is 1. The fraction of sp³-hybridized carbons (Fsp3) is 0.280. The molecule has 0 unspecified atom stereocenters. The van der Waals surface area contributed by atoms with Crippen LogP contribution in [-0.2, 0) is 11.2 Å². The summed E-state index contributed by atoms with van der Waals surface area (Å²) in [5.74, 6) is 1.31. The highest BCUT2D eigenvalue weighted by Crippen LogP contribution is 2.30. The van der Waals surface area contributed by atoms with Crippen molar-refractivity contribution in [2.45, 2.75) is 19.3 Å². The molecular weight excluding hydrogens is 374 g/mol. The standard InChI is InChI=1S/C25H27N3O2/c29-25(21-10-7-16-28(19-21)17-14-20-8-2-1-3-9-20)27-23-12-4-5-13-24(23)30-22-11-6-15-26-18-22/h1-6,8-9,11-13,15,18,21H,7,10,14,16-17,19H2,(H,27,29)/t21-/m1/s1. The van der Waals surface area contributed by atoms with E-state index in [9.17, 15) is 4.79 Å². The zero-order valence-electron chi connectivity index (χ0n) is 17.0. The molecule has 1 aliphatic heterocycles. The van der Waals surface area contributed by atoms with Gasteiger partial charge in [-0.3, -0.25) is 9.78 Å². The largest absolute Gasteiger partial charge is 0.454 e. The number of carbonyl (C=O) groups excluding carboxylic acids is 1. The van der Waals surface area contributed by atoms with Crippen LogP contribution < -0.4 is 10.1 Å². The summed E-state index contributed by atoms with van der Waals surface area (Å²) in [6, 6.07) is 21.7. The van der Waals surface area contributed by atoms with E-state index in [0.29, 0.717) is 17.2 Å². The number of amides is 1. The van der Waals surface area contributed by atoms with Gasteiger partial charge in [0.25, 0.3) is 0 Å². The number of hydrogen-bond donors (Lipinski definition) is 1. The van der Waals surface area contributed by atoms with E-state index < -0.39 is 0 Å². The molecule has 30 heavy (non-hydrogen) atoms. The molecule has 0 spiro atoms. The summed E-state index contributed by atoms with van der Waals surface area (Å²) in [6.45, 7) is 2.83. The van der Waals surface area contributed by atoms with Crippen LogP contribution in [0.5, 0.6) is 11.5 Å². The molecule has 1 saturated heterocycles. The van der Waals surface area contributed by atoms with Gasteiger partial charge in [0.1, 0.15) is 5.75 Å². The first-order chi connectivity index (χ1) is 14.8. The van der Waals surface area contributed by atoms with Gasteiger partial charge in [-0.2, -0.15) is 0 Å². The molecule has 1 amide bonds. The second-order valence-corrected chi connectivity index (χ2v) is 7.65. The maximum absolute atomic E-state index is 13.0. The molecule has 1 atom stereocenters. The predicted octanol–water partition coefficient (Wildman–Crippen LogP) is 4.77. The van der Waals surface area contributed by atoms with Gasteiger partial charge in [-0.05, 0) is 55.6 Å². The third kappa shape index (κ3) is 5.45. The van der Waals surface area contributed by atoms with E-state index in [-0.39, 0.29) is 11.8 Å². The van der Waals surface area contributed by atoms with Crippen molar-refractivity contribution < 1.29 is 9.53 Å². The number of nitrogens with one attached hydrogen (secondary N) is 1. The van der Waals surface area contributed by atoms with E-state index in [0.717, 1.165) is 38.9 Å². The van der Waals surface area contributed by atoms with Gasteiger partial charge in [-0.15, -0.1) is 0 Å². The molecule has 1 N–H and O–H groups in total. The van der Waals surface area contributed by atoms with E-state index in [1.807, 2.05) is 42.5 Å². The highest BCUT2D eigenvalue weighted by Gasteiger charge is 2.26. The zero-order valence-corrected chi connectivity index (χ0v) is 17.0. The number of carbonyl (C=O) groups is 1. The Labute approximate surface area is 177 Å². The first-order valence-electron chi connectivity index (χ1n) is 10.5. The molecule has 4 rings (SSSR count). The van der Waals surface area contributed by atoms with E-state index in [1.54, 1.807) is 12.4 Å². The number of likely N-dealkylation sites (tertiary alicyclic amines) is 1. The first-order valence-corrected chi connectivity index (χ1v) is 10.5. The number of nitrogens with zero attached hydrogens (tertiary/aromatic N) is 2. The minimum Gasteiger partial charge on any atom is -0.454 e. The van der Waals surface area contributed by atoms with Crippen molar-refractivity contribution in [2.75, 3.05) is 25.0 Å². The topological polar surface area (TPSA) is 54.5 Å². The van der Waals surface area contributed by atoms with Crippen molar-refractivity contribution in [3.8, 4) is 11.5 Å². The molecular formula is C25H27N3O2. The van der Waals surface area contributed by atoms with Gasteiger partial charge in [-0.1, -0.05) is 42.5 Å². The molecule has 0 radical (unpaired) electrons. The minimum atomic E-state index is -0.0130. The van der Waals surface area contributed by atoms with Crippen LogP contribution in [0.1, 0.15) is 18.4 Å². The van der Waals surface area contributed by atoms with E-state index >= 15 is 0 Å². The van der Waals surface area contributed by atoms with E-state index in [1.165, 1.54) is 5.56 Å². The summed E-state index contributed by atoms with van der Waals surface area (Å²) in [4.78, 5) is 19.5. The molecule has 0 bridgehead atoms. The van der Waals surface area contributed by atoms with Gasteiger partial charge in [0, 0.05) is 19.3 Å². The second kappa shape index (κ2) is 10.0. The van der Waals surface area contributed by atoms with Crippen LogP contribution in [0.3, 0.4) is 0 Å². The average molecular weight is 402 g/mol. The molecule has 5 nitrogen and oxygen atoms in total. The molecule has 1 aromatic heterocycles. The van der Waals surface area contributed by atoms with Crippen molar-refractivity contribution in [3.63, 3.8) is 0 Å². The van der Waals surface area contributed by atoms with Crippen LogP contribution in [0.15, 0.2) is 79.1 Å². The number of anilines is 1. The van der Waals surface area contributed by atoms with Crippen molar-refractivity contribution in [1.82, 2.24) is 9.88 Å². The number of piperidine rings is 1. The van der Waals surface area contributed by atoms with Crippen molar-refractivity contribution >= 4 is 11.6 Å². The molecule has 0 saturated carbocycles. The number of hydrogen-bond acceptors (Lipinski definition) is 4. The Kier molecular flexibility index (Phi) is 6.72. The molecule has 2 aromatic carbocycles. The Hall–Kier alpha value is -3.18. The fourth-order valence-electron chi connectivity index (χ4n) is 3.83. The second-order valence-electron chi connectivity index (χ2n) is 7.65. The third-order valence-corrected chi connectivity index (χ3v) is 5.44. The van der Waals surface area contributed by atoms with Crippen LogP contribution >= 0.6 is 0 Å². The number of ether oxygens (including phenoxy) is 1. The van der Waals surface area contributed by atoms with Crippen molar-refractivity contribution in [3.05, 3.63) is 84.7 Å². The Morgan fingerprint density at radius 3 is 2.73 bits per heavy atom. The summed E-state index contributed by atoms with van der Waals surface area (Å²) in [7, 11) is 0. The monoisotopic (exact) mass is 401 g/mol. The lowest BCUT2D eigenvalue weighted by atomic mass is 9.96. The zero-order chi connectivity index (χ0) is 20.6. The quantitative estimate of drug-likeness (QED) is 0.620. The maximum Gasteiger partial charge on any atom is 0.228 e. The number of pyridine rings is 1. The summed E-state index contributed by atoms with van der Waals surface area (Å²) in [6.07, 6.45) is 6.33. The molecule has 0 aliphatic carbocycles. The molecule has 1 fully saturated rings. The minimum absolute atomic E-state index is 0.0130. The Morgan fingerprint density at radius 2 is 1.90 bits per heavy atom. The summed E-state index contributed by atoms with van der Waals surface area (Å²) in [5.41, 5.74) is 2.03. The van der Waals surface area contributed by atoms with Gasteiger partial charge in [0.15, 0.2) is 5.75 Å². The van der Waals surface area contributed by atoms with Gasteiger partial charge in [-0.25, -0.2) is 0 Å². The molecule has 3 aromatic rings. The predicted molar refractivity (Wildman–Crippen MR) is 119 cm³/mol. The highest BCUT2D eigenvalue weighted by molar-refractivity contribution is 5.94. The van der Waals surface area contributed by atoms with E-state index in [4.69, 9.17) is 4.74 Å². The van der Waals surface area contributed by atoms with Crippen LogP contribution in [0, 0.1) is 5.92 Å². The number of rotatable bonds is 7. The number of benzene rings is 2. The Balaban J connectivity index is 1.35. The summed E-state index contributed by atoms with van der Waals surface area (Å²) in [5, 5.41) is 3.08. The lowest BCUT2D eigenvalue weighted by Gasteiger charge is -2.32. The summed E-state index contributed by atoms with van der Waals surface area (Å²) < 4.78 is 5.92. The fourth-order valence-corrected chi connectivity index (χ4v) is 3.83. The highest BCUT2D eigenvalue weighted by atomic mass is 16.5. The SMILES string of the molecule is O=C(Nc1ccccc1Oc1cccnc1)[C@@H]1CCCN(CCc2ccccc2)C1. The van der Waals surface area contributed by atoms with Gasteiger partial charge in [0.2, 0.25) is 5.91 Å². The molecule has 5 heteroatoms. The lowest BCUT2D eigenvalue weighted by molar-refractivity contribution is -0.121. The van der Waals surface area contributed by atoms with Crippen LogP contribution in [0.2, 0.25) is 0 Å². The smallest absolute Gasteiger partial charge is 0.228 e. The molecule has 1 aliphatic rings. The summed E-state index contributed by atoms with van der Waals surface area (Å²) >= 11 is 0. The van der Waals surface area contributed by atoms with Gasteiger partial charge in [0.05, 0.1) is 17.8 Å². The lowest BCUT2D eigenvalue weighted by Crippen LogP contribution is -2.41. The van der Waals surface area contributed by atoms with Gasteiger partial charge >= 0.3 is 0 Å². The maximum atomic E-state index is 13.0. The first kappa shape index (κ1) is 20.1. The Morgan fingerprint density at radius 1 is 1.07 bits per heavy atom.